The van der Waals surface area contributed by atoms with E-state index in [0.29, 0.717) is 18.4 Å². The first-order valence-electron chi connectivity index (χ1n) is 10.8. The molecule has 2 N–H and O–H groups in total. The van der Waals surface area contributed by atoms with Crippen molar-refractivity contribution in [2.24, 2.45) is 0 Å². The van der Waals surface area contributed by atoms with Crippen molar-refractivity contribution < 1.29 is 17.6 Å². The molecule has 0 fully saturated rings. The molecule has 0 aliphatic rings. The molecule has 174 valence electrons. The Kier molecular flexibility index (Phi) is 7.92. The second-order valence-corrected chi connectivity index (χ2v) is 8.10. The monoisotopic (exact) mass is 456 g/mol. The van der Waals surface area contributed by atoms with Crippen LogP contribution in [-0.2, 0) is 12.6 Å². The van der Waals surface area contributed by atoms with Gasteiger partial charge in [0.25, 0.3) is 0 Å². The fourth-order valence-electron chi connectivity index (χ4n) is 3.82. The van der Waals surface area contributed by atoms with E-state index in [1.165, 1.54) is 18.2 Å². The molecule has 0 heterocycles. The van der Waals surface area contributed by atoms with Crippen LogP contribution in [0, 0.1) is 12.7 Å². The number of hydrogen-bond donors (Lipinski definition) is 2. The number of likely N-dealkylation sites (N-methyl/N-ethyl adjacent to an activating group) is 1. The van der Waals surface area contributed by atoms with Crippen LogP contribution in [-0.4, -0.2) is 7.05 Å². The number of rotatable bonds is 9. The molecule has 33 heavy (non-hydrogen) atoms. The van der Waals surface area contributed by atoms with Gasteiger partial charge >= 0.3 is 6.18 Å². The summed E-state index contributed by atoms with van der Waals surface area (Å²) >= 11 is 0. The minimum absolute atomic E-state index is 0.284. The largest absolute Gasteiger partial charge is 0.416 e. The van der Waals surface area contributed by atoms with Crippen LogP contribution < -0.4 is 10.6 Å². The molecule has 0 bridgehead atoms. The predicted octanol–water partition coefficient (Wildman–Crippen LogP) is 6.89. The van der Waals surface area contributed by atoms with Gasteiger partial charge in [-0.3, -0.25) is 5.32 Å². The van der Waals surface area contributed by atoms with Crippen molar-refractivity contribution in [1.29, 1.82) is 0 Å². The number of nitrogens with one attached hydrogen (secondary N) is 2. The van der Waals surface area contributed by atoms with Crippen LogP contribution in [0.4, 0.5) is 17.6 Å². The Morgan fingerprint density at radius 1 is 0.970 bits per heavy atom. The summed E-state index contributed by atoms with van der Waals surface area (Å²) in [6, 6.07) is 19.1. The van der Waals surface area contributed by atoms with E-state index in [1.54, 1.807) is 13.1 Å². The summed E-state index contributed by atoms with van der Waals surface area (Å²) in [7, 11) is 1.78. The molecular weight excluding hydrogens is 428 g/mol. The smallest absolute Gasteiger partial charge is 0.390 e. The number of halogens is 4. The van der Waals surface area contributed by atoms with Crippen LogP contribution in [0.25, 0.3) is 0 Å². The Labute approximate surface area is 192 Å². The van der Waals surface area contributed by atoms with Gasteiger partial charge in [-0.05, 0) is 49.1 Å². The van der Waals surface area contributed by atoms with Gasteiger partial charge in [0.05, 0.1) is 11.6 Å². The van der Waals surface area contributed by atoms with Gasteiger partial charge in [-0.25, -0.2) is 4.39 Å². The molecule has 0 aromatic heterocycles. The van der Waals surface area contributed by atoms with Gasteiger partial charge in [0.1, 0.15) is 5.82 Å². The Morgan fingerprint density at radius 3 is 2.24 bits per heavy atom. The molecule has 2 nitrogen and oxygen atoms in total. The molecule has 0 saturated carbocycles. The molecule has 3 rings (SSSR count). The quantitative estimate of drug-likeness (QED) is 0.343. The number of benzene rings is 3. The van der Waals surface area contributed by atoms with E-state index in [4.69, 9.17) is 0 Å². The molecule has 0 spiro atoms. The Bertz CT molecular complexity index is 1060. The van der Waals surface area contributed by atoms with E-state index >= 15 is 0 Å². The first kappa shape index (κ1) is 24.5. The highest BCUT2D eigenvalue weighted by Gasteiger charge is 2.30. The van der Waals surface area contributed by atoms with Crippen molar-refractivity contribution in [2.45, 2.75) is 38.0 Å². The minimum atomic E-state index is -4.37. The molecule has 3 aromatic rings. The van der Waals surface area contributed by atoms with Crippen LogP contribution in [0.5, 0.6) is 0 Å². The Morgan fingerprint density at radius 2 is 1.64 bits per heavy atom. The van der Waals surface area contributed by atoms with Crippen LogP contribution >= 0.6 is 0 Å². The molecule has 6 heteroatoms. The van der Waals surface area contributed by atoms with Crippen molar-refractivity contribution in [3.63, 3.8) is 0 Å². The lowest BCUT2D eigenvalue weighted by atomic mass is 9.94. The zero-order valence-electron chi connectivity index (χ0n) is 18.7. The normalized spacial score (nSPS) is 13.4. The topological polar surface area (TPSA) is 24.1 Å². The highest BCUT2D eigenvalue weighted by atomic mass is 19.4. The molecular formula is C27H28F4N2. The fraction of sp³-hybridized carbons (Fsp3) is 0.259. The zero-order valence-corrected chi connectivity index (χ0v) is 18.7. The standard InChI is InChI=1S/C27H28F4N2/c1-18-9-15-24(28)23(17-18)25(16-12-20-10-13-22(14-11-20)27(29,30)31)33-26(19(2)32-3)21-7-5-4-6-8-21/h4-11,13-15,17,25-26,32-33H,2,12,16H2,1,3H3/t25-,26+/m1/s1. The molecule has 0 aliphatic carbocycles. The summed E-state index contributed by atoms with van der Waals surface area (Å²) in [5, 5.41) is 6.61. The van der Waals surface area contributed by atoms with E-state index in [9.17, 15) is 17.6 Å². The fourth-order valence-corrected chi connectivity index (χ4v) is 3.82. The van der Waals surface area contributed by atoms with E-state index in [0.717, 1.165) is 34.5 Å². The second-order valence-electron chi connectivity index (χ2n) is 8.10. The van der Waals surface area contributed by atoms with Gasteiger partial charge in [0.2, 0.25) is 0 Å². The van der Waals surface area contributed by atoms with Crippen molar-refractivity contribution in [2.75, 3.05) is 7.05 Å². The lowest BCUT2D eigenvalue weighted by molar-refractivity contribution is -0.137. The van der Waals surface area contributed by atoms with E-state index in [2.05, 4.69) is 17.2 Å². The van der Waals surface area contributed by atoms with Gasteiger partial charge in [-0.1, -0.05) is 66.7 Å². The SMILES string of the molecule is C=C(NC)[C@H](N[C@H](CCc1ccc(C(F)(F)F)cc1)c1cc(C)ccc1F)c1ccccc1. The molecule has 0 unspecified atom stereocenters. The van der Waals surface area contributed by atoms with Gasteiger partial charge in [-0.2, -0.15) is 13.2 Å². The van der Waals surface area contributed by atoms with Gasteiger partial charge in [-0.15, -0.1) is 0 Å². The summed E-state index contributed by atoms with van der Waals surface area (Å²) in [5.74, 6) is -0.326. The molecule has 0 saturated heterocycles. The first-order valence-corrected chi connectivity index (χ1v) is 10.8. The number of alkyl halides is 3. The third-order valence-corrected chi connectivity index (χ3v) is 5.70. The minimum Gasteiger partial charge on any atom is -0.390 e. The van der Waals surface area contributed by atoms with E-state index in [-0.39, 0.29) is 17.9 Å². The van der Waals surface area contributed by atoms with E-state index in [1.807, 2.05) is 43.3 Å². The average Bonchev–Trinajstić information content (AvgIpc) is 2.81. The van der Waals surface area contributed by atoms with Crippen molar-refractivity contribution in [3.8, 4) is 0 Å². The maximum absolute atomic E-state index is 14.9. The summed E-state index contributed by atoms with van der Waals surface area (Å²) in [6.07, 6.45) is -3.40. The van der Waals surface area contributed by atoms with E-state index < -0.39 is 11.7 Å². The van der Waals surface area contributed by atoms with Gasteiger partial charge < -0.3 is 5.32 Å². The van der Waals surface area contributed by atoms with Gasteiger partial charge in [0, 0.05) is 24.4 Å². The summed E-state index contributed by atoms with van der Waals surface area (Å²) < 4.78 is 53.5. The second kappa shape index (κ2) is 10.7. The number of hydrogen-bond acceptors (Lipinski definition) is 2. The predicted molar refractivity (Wildman–Crippen MR) is 124 cm³/mol. The maximum Gasteiger partial charge on any atom is 0.416 e. The number of aryl methyl sites for hydroxylation is 2. The summed E-state index contributed by atoms with van der Waals surface area (Å²) in [5.41, 5.74) is 3.23. The highest BCUT2D eigenvalue weighted by Crippen LogP contribution is 2.31. The summed E-state index contributed by atoms with van der Waals surface area (Å²) in [4.78, 5) is 0. The van der Waals surface area contributed by atoms with Crippen LogP contribution in [0.15, 0.2) is 85.1 Å². The molecule has 3 aromatic carbocycles. The van der Waals surface area contributed by atoms with Gasteiger partial charge in [0.15, 0.2) is 0 Å². The van der Waals surface area contributed by atoms with Crippen molar-refractivity contribution in [1.82, 2.24) is 10.6 Å². The Balaban J connectivity index is 1.89. The lowest BCUT2D eigenvalue weighted by Gasteiger charge is -2.29. The third kappa shape index (κ3) is 6.45. The molecule has 0 radical (unpaired) electrons. The van der Waals surface area contributed by atoms with Crippen molar-refractivity contribution in [3.05, 3.63) is 119 Å². The molecule has 2 atom stereocenters. The molecule has 0 aliphatic heterocycles. The average molecular weight is 457 g/mol. The molecule has 0 amide bonds. The van der Waals surface area contributed by atoms with Crippen LogP contribution in [0.1, 0.15) is 46.3 Å². The van der Waals surface area contributed by atoms with Crippen molar-refractivity contribution >= 4 is 0 Å². The zero-order chi connectivity index (χ0) is 24.0. The third-order valence-electron chi connectivity index (χ3n) is 5.70. The summed E-state index contributed by atoms with van der Waals surface area (Å²) in [6.45, 7) is 6.01. The van der Waals surface area contributed by atoms with Crippen LogP contribution in [0.2, 0.25) is 0 Å². The lowest BCUT2D eigenvalue weighted by Crippen LogP contribution is -2.32. The Hall–Kier alpha value is -3.12. The highest BCUT2D eigenvalue weighted by molar-refractivity contribution is 5.31. The first-order chi connectivity index (χ1) is 15.7. The maximum atomic E-state index is 14.9. The van der Waals surface area contributed by atoms with Crippen LogP contribution in [0.3, 0.4) is 0 Å².